The Labute approximate surface area is 146 Å². The summed E-state index contributed by atoms with van der Waals surface area (Å²) in [7, 11) is -0.568. The van der Waals surface area contributed by atoms with E-state index in [9.17, 15) is 9.18 Å². The van der Waals surface area contributed by atoms with Gasteiger partial charge in [0.2, 0.25) is 0 Å². The molecule has 0 radical (unpaired) electrons. The lowest BCUT2D eigenvalue weighted by Crippen LogP contribution is -2.33. The van der Waals surface area contributed by atoms with Gasteiger partial charge in [0.15, 0.2) is 5.12 Å². The fourth-order valence-corrected chi connectivity index (χ4v) is 5.19. The Bertz CT molecular complexity index is 709. The summed E-state index contributed by atoms with van der Waals surface area (Å²) in [5.74, 6) is -0.249. The lowest BCUT2D eigenvalue weighted by Gasteiger charge is -2.31. The summed E-state index contributed by atoms with van der Waals surface area (Å²) < 4.78 is 13.5. The lowest BCUT2D eigenvalue weighted by molar-refractivity contribution is -0.119. The molecule has 2 aliphatic rings. The van der Waals surface area contributed by atoms with Crippen LogP contribution in [0.4, 0.5) is 4.39 Å². The molecule has 2 aliphatic heterocycles. The molecule has 2 unspecified atom stereocenters. The molecule has 0 saturated carbocycles. The number of carbonyl (C=O) groups excluding carboxylic acids is 1. The summed E-state index contributed by atoms with van der Waals surface area (Å²) in [5, 5.41) is 7.65. The molecular formula is C20H26FNOS. The molecule has 1 aromatic rings. The van der Waals surface area contributed by atoms with E-state index < -0.39 is 10.5 Å². The molecule has 1 fully saturated rings. The van der Waals surface area contributed by atoms with Gasteiger partial charge in [-0.3, -0.25) is 4.79 Å². The van der Waals surface area contributed by atoms with Crippen LogP contribution in [0.2, 0.25) is 0 Å². The van der Waals surface area contributed by atoms with Crippen LogP contribution in [-0.2, 0) is 4.79 Å². The molecule has 0 bridgehead atoms. The zero-order chi connectivity index (χ0) is 17.4. The summed E-state index contributed by atoms with van der Waals surface area (Å²) in [6.45, 7) is 8.34. The third kappa shape index (κ3) is 3.70. The molecule has 1 N–H and O–H groups in total. The molecule has 24 heavy (non-hydrogen) atoms. The molecule has 2 atom stereocenters. The Morgan fingerprint density at radius 2 is 2.12 bits per heavy atom. The standard InChI is InChI=1S/C20H26FNOS/c1-19(2,3)7-8-20(9-10-22-14-20)18(23)24-11-6-15-4-5-17(21)12-16(15)13-24/h4-6,11-13,22H,7-10,14H2,1-3H3. The summed E-state index contributed by atoms with van der Waals surface area (Å²) in [6.07, 6.45) is 4.83. The second-order valence-electron chi connectivity index (χ2n) is 8.12. The Morgan fingerprint density at radius 1 is 1.33 bits per heavy atom. The van der Waals surface area contributed by atoms with Crippen LogP contribution < -0.4 is 5.32 Å². The van der Waals surface area contributed by atoms with E-state index in [1.54, 1.807) is 6.07 Å². The van der Waals surface area contributed by atoms with E-state index in [0.29, 0.717) is 5.12 Å². The number of fused-ring (bicyclic) bond motifs is 1. The van der Waals surface area contributed by atoms with Gasteiger partial charge in [-0.15, -0.1) is 0 Å². The van der Waals surface area contributed by atoms with E-state index in [1.807, 2.05) is 16.9 Å². The minimum absolute atomic E-state index is 0.223. The Balaban J connectivity index is 1.88. The first-order chi connectivity index (χ1) is 11.3. The fourth-order valence-electron chi connectivity index (χ4n) is 3.34. The molecule has 0 aliphatic carbocycles. The smallest absolute Gasteiger partial charge is 0.194 e. The predicted octanol–water partition coefficient (Wildman–Crippen LogP) is 4.56. The summed E-state index contributed by atoms with van der Waals surface area (Å²) in [5.41, 5.74) is 1.77. The average Bonchev–Trinajstić information content (AvgIpc) is 3.01. The summed E-state index contributed by atoms with van der Waals surface area (Å²) in [4.78, 5) is 13.3. The Kier molecular flexibility index (Phi) is 4.80. The number of hydrogen-bond acceptors (Lipinski definition) is 2. The monoisotopic (exact) mass is 347 g/mol. The lowest BCUT2D eigenvalue weighted by atomic mass is 9.78. The van der Waals surface area contributed by atoms with Gasteiger partial charge in [0, 0.05) is 6.54 Å². The zero-order valence-electron chi connectivity index (χ0n) is 14.7. The van der Waals surface area contributed by atoms with Crippen LogP contribution in [0.15, 0.2) is 23.6 Å². The highest BCUT2D eigenvalue weighted by Gasteiger charge is 2.42. The van der Waals surface area contributed by atoms with Crippen molar-refractivity contribution in [3.05, 3.63) is 40.6 Å². The van der Waals surface area contributed by atoms with Crippen LogP contribution in [0.5, 0.6) is 0 Å². The van der Waals surface area contributed by atoms with Crippen molar-refractivity contribution in [2.24, 2.45) is 10.8 Å². The Hall–Kier alpha value is -1.26. The van der Waals surface area contributed by atoms with Gasteiger partial charge in [0.25, 0.3) is 0 Å². The average molecular weight is 347 g/mol. The predicted molar refractivity (Wildman–Crippen MR) is 102 cm³/mol. The largest absolute Gasteiger partial charge is 0.316 e. The third-order valence-electron chi connectivity index (χ3n) is 4.94. The maximum absolute atomic E-state index is 13.5. The van der Waals surface area contributed by atoms with Crippen LogP contribution >= 0.6 is 10.5 Å². The number of carbonyl (C=O) groups is 1. The Morgan fingerprint density at radius 3 is 2.79 bits per heavy atom. The highest BCUT2D eigenvalue weighted by Crippen LogP contribution is 2.43. The first-order valence-corrected chi connectivity index (χ1v) is 9.94. The topological polar surface area (TPSA) is 29.1 Å². The van der Waals surface area contributed by atoms with Crippen LogP contribution in [0.1, 0.15) is 51.2 Å². The van der Waals surface area contributed by atoms with Crippen molar-refractivity contribution in [1.82, 2.24) is 5.32 Å². The molecule has 0 spiro atoms. The van der Waals surface area contributed by atoms with Crippen molar-refractivity contribution in [2.45, 2.75) is 40.0 Å². The van der Waals surface area contributed by atoms with Crippen molar-refractivity contribution < 1.29 is 9.18 Å². The van der Waals surface area contributed by atoms with E-state index >= 15 is 0 Å². The second kappa shape index (κ2) is 6.57. The molecule has 0 amide bonds. The van der Waals surface area contributed by atoms with Crippen LogP contribution in [-0.4, -0.2) is 23.6 Å². The van der Waals surface area contributed by atoms with Gasteiger partial charge in [-0.2, -0.15) is 0 Å². The number of benzene rings is 1. The minimum Gasteiger partial charge on any atom is -0.316 e. The number of rotatable bonds is 3. The van der Waals surface area contributed by atoms with Crippen molar-refractivity contribution in [3.63, 3.8) is 0 Å². The summed E-state index contributed by atoms with van der Waals surface area (Å²) in [6, 6.07) is 4.77. The van der Waals surface area contributed by atoms with Gasteiger partial charge >= 0.3 is 0 Å². The molecule has 1 aromatic carbocycles. The fraction of sp³-hybridized carbons (Fsp3) is 0.500. The molecule has 1 saturated heterocycles. The molecular weight excluding hydrogens is 321 g/mol. The highest BCUT2D eigenvalue weighted by molar-refractivity contribution is 8.30. The molecule has 3 rings (SSSR count). The van der Waals surface area contributed by atoms with E-state index in [4.69, 9.17) is 0 Å². The van der Waals surface area contributed by atoms with Crippen LogP contribution in [0.3, 0.4) is 0 Å². The second-order valence-corrected chi connectivity index (χ2v) is 9.74. The van der Waals surface area contributed by atoms with E-state index in [-0.39, 0.29) is 16.6 Å². The minimum atomic E-state index is -0.568. The number of halogens is 1. The maximum Gasteiger partial charge on any atom is 0.194 e. The SMILES string of the molecule is CC(C)(C)CCC1(C(=O)S2=Cc3cc(F)ccc3C=C2)CCNC1. The first-order valence-electron chi connectivity index (χ1n) is 8.59. The van der Waals surface area contributed by atoms with Gasteiger partial charge in [-0.1, -0.05) is 37.3 Å². The molecule has 130 valence electrons. The quantitative estimate of drug-likeness (QED) is 0.812. The molecule has 0 aromatic heterocycles. The van der Waals surface area contributed by atoms with Crippen LogP contribution in [0, 0.1) is 16.6 Å². The highest BCUT2D eigenvalue weighted by atomic mass is 32.2. The van der Waals surface area contributed by atoms with Gasteiger partial charge < -0.3 is 5.32 Å². The van der Waals surface area contributed by atoms with Gasteiger partial charge in [0.05, 0.1) is 5.41 Å². The van der Waals surface area contributed by atoms with E-state index in [0.717, 1.165) is 43.5 Å². The molecule has 4 heteroatoms. The molecule has 2 heterocycles. The molecule has 2 nitrogen and oxygen atoms in total. The van der Waals surface area contributed by atoms with Gasteiger partial charge in [-0.05, 0) is 71.3 Å². The number of hydrogen-bond donors (Lipinski definition) is 1. The van der Waals surface area contributed by atoms with Gasteiger partial charge in [0.1, 0.15) is 5.82 Å². The van der Waals surface area contributed by atoms with Crippen molar-refractivity contribution in [1.29, 1.82) is 0 Å². The van der Waals surface area contributed by atoms with E-state index in [1.165, 1.54) is 12.1 Å². The summed E-state index contributed by atoms with van der Waals surface area (Å²) >= 11 is 0. The zero-order valence-corrected chi connectivity index (χ0v) is 15.5. The third-order valence-corrected chi connectivity index (χ3v) is 6.74. The van der Waals surface area contributed by atoms with Crippen LogP contribution in [0.25, 0.3) is 6.08 Å². The van der Waals surface area contributed by atoms with Gasteiger partial charge in [-0.25, -0.2) is 4.39 Å². The van der Waals surface area contributed by atoms with Crippen molar-refractivity contribution >= 4 is 27.0 Å². The maximum atomic E-state index is 13.5. The normalized spacial score (nSPS) is 26.1. The van der Waals surface area contributed by atoms with E-state index in [2.05, 4.69) is 26.1 Å². The number of nitrogens with one attached hydrogen (secondary N) is 1. The van der Waals surface area contributed by atoms with Crippen molar-refractivity contribution in [3.8, 4) is 0 Å². The first kappa shape index (κ1) is 17.6. The van der Waals surface area contributed by atoms with Crippen molar-refractivity contribution in [2.75, 3.05) is 13.1 Å².